The predicted molar refractivity (Wildman–Crippen MR) is 95.0 cm³/mol. The minimum absolute atomic E-state index is 0.00226. The molecule has 0 aliphatic heterocycles. The standard InChI is InChI=1S/C20H26N2O/c1-14-9-7-8-12-18(14)13-15(2)22-20(23)16(3)19(21)17-10-5-4-6-11-17/h4-12,15-16,19H,13,21H2,1-3H3,(H,22,23). The van der Waals surface area contributed by atoms with Crippen molar-refractivity contribution in [2.45, 2.75) is 39.3 Å². The van der Waals surface area contributed by atoms with E-state index in [0.29, 0.717) is 0 Å². The molecule has 3 N–H and O–H groups in total. The third-order valence-electron chi connectivity index (χ3n) is 4.31. The summed E-state index contributed by atoms with van der Waals surface area (Å²) in [6, 6.07) is 17.8. The molecule has 0 spiro atoms. The highest BCUT2D eigenvalue weighted by atomic mass is 16.1. The lowest BCUT2D eigenvalue weighted by atomic mass is 9.94. The molecule has 0 saturated carbocycles. The van der Waals surface area contributed by atoms with Crippen LogP contribution in [0, 0.1) is 12.8 Å². The maximum atomic E-state index is 12.5. The molecular weight excluding hydrogens is 284 g/mol. The van der Waals surface area contributed by atoms with Crippen molar-refractivity contribution in [3.05, 3.63) is 71.3 Å². The van der Waals surface area contributed by atoms with Gasteiger partial charge >= 0.3 is 0 Å². The van der Waals surface area contributed by atoms with E-state index in [1.165, 1.54) is 11.1 Å². The van der Waals surface area contributed by atoms with Crippen molar-refractivity contribution in [2.24, 2.45) is 11.7 Å². The quantitative estimate of drug-likeness (QED) is 0.859. The predicted octanol–water partition coefficient (Wildman–Crippen LogP) is 3.38. The van der Waals surface area contributed by atoms with Crippen LogP contribution < -0.4 is 11.1 Å². The third-order valence-corrected chi connectivity index (χ3v) is 4.31. The number of nitrogens with one attached hydrogen (secondary N) is 1. The molecule has 0 radical (unpaired) electrons. The van der Waals surface area contributed by atoms with Gasteiger partial charge in [-0.15, -0.1) is 0 Å². The number of hydrogen-bond donors (Lipinski definition) is 2. The van der Waals surface area contributed by atoms with Gasteiger partial charge in [-0.2, -0.15) is 0 Å². The van der Waals surface area contributed by atoms with E-state index in [1.807, 2.05) is 56.3 Å². The van der Waals surface area contributed by atoms with Crippen molar-refractivity contribution in [2.75, 3.05) is 0 Å². The summed E-state index contributed by atoms with van der Waals surface area (Å²) in [6.07, 6.45) is 0.825. The number of hydrogen-bond acceptors (Lipinski definition) is 2. The number of carbonyl (C=O) groups excluding carboxylic acids is 1. The van der Waals surface area contributed by atoms with Gasteiger partial charge in [0.25, 0.3) is 0 Å². The Kier molecular flexibility index (Phi) is 5.94. The van der Waals surface area contributed by atoms with Crippen LogP contribution in [0.3, 0.4) is 0 Å². The van der Waals surface area contributed by atoms with Gasteiger partial charge in [0, 0.05) is 12.1 Å². The Morgan fingerprint density at radius 2 is 1.65 bits per heavy atom. The summed E-state index contributed by atoms with van der Waals surface area (Å²) in [6.45, 7) is 6.01. The van der Waals surface area contributed by atoms with Crippen molar-refractivity contribution in [3.8, 4) is 0 Å². The van der Waals surface area contributed by atoms with Gasteiger partial charge in [0.1, 0.15) is 0 Å². The maximum absolute atomic E-state index is 12.5. The summed E-state index contributed by atoms with van der Waals surface area (Å²) < 4.78 is 0. The first-order valence-corrected chi connectivity index (χ1v) is 8.14. The molecular formula is C20H26N2O. The molecule has 3 heteroatoms. The highest BCUT2D eigenvalue weighted by Crippen LogP contribution is 2.19. The molecule has 3 unspecified atom stereocenters. The second-order valence-corrected chi connectivity index (χ2v) is 6.27. The number of rotatable bonds is 6. The van der Waals surface area contributed by atoms with Gasteiger partial charge in [-0.25, -0.2) is 0 Å². The zero-order chi connectivity index (χ0) is 16.8. The monoisotopic (exact) mass is 310 g/mol. The third kappa shape index (κ3) is 4.67. The maximum Gasteiger partial charge on any atom is 0.224 e. The Labute approximate surface area is 138 Å². The Balaban J connectivity index is 1.94. The summed E-state index contributed by atoms with van der Waals surface area (Å²) in [5.74, 6) is -0.265. The SMILES string of the molecule is Cc1ccccc1CC(C)NC(=O)C(C)C(N)c1ccccc1. The molecule has 2 rings (SSSR count). The van der Waals surface area contributed by atoms with E-state index in [-0.39, 0.29) is 23.9 Å². The van der Waals surface area contributed by atoms with Crippen LogP contribution in [-0.2, 0) is 11.2 Å². The fraction of sp³-hybridized carbons (Fsp3) is 0.350. The van der Waals surface area contributed by atoms with Gasteiger partial charge in [0.2, 0.25) is 5.91 Å². The van der Waals surface area contributed by atoms with Crippen molar-refractivity contribution in [1.82, 2.24) is 5.32 Å². The fourth-order valence-corrected chi connectivity index (χ4v) is 2.72. The van der Waals surface area contributed by atoms with Crippen LogP contribution in [0.25, 0.3) is 0 Å². The van der Waals surface area contributed by atoms with E-state index in [0.717, 1.165) is 12.0 Å². The van der Waals surface area contributed by atoms with E-state index < -0.39 is 0 Å². The molecule has 1 amide bonds. The van der Waals surface area contributed by atoms with Crippen molar-refractivity contribution in [1.29, 1.82) is 0 Å². The molecule has 3 atom stereocenters. The van der Waals surface area contributed by atoms with E-state index >= 15 is 0 Å². The molecule has 0 fully saturated rings. The molecule has 2 aromatic carbocycles. The largest absolute Gasteiger partial charge is 0.353 e. The summed E-state index contributed by atoms with van der Waals surface area (Å²) in [4.78, 5) is 12.5. The molecule has 0 aliphatic carbocycles. The molecule has 0 aromatic heterocycles. The Morgan fingerprint density at radius 3 is 2.30 bits per heavy atom. The van der Waals surface area contributed by atoms with E-state index in [9.17, 15) is 4.79 Å². The number of amides is 1. The van der Waals surface area contributed by atoms with Gasteiger partial charge in [0.05, 0.1) is 5.92 Å². The highest BCUT2D eigenvalue weighted by molar-refractivity contribution is 5.79. The van der Waals surface area contributed by atoms with E-state index in [1.54, 1.807) is 0 Å². The second kappa shape index (κ2) is 7.93. The minimum atomic E-state index is -0.290. The molecule has 2 aromatic rings. The lowest BCUT2D eigenvalue weighted by Gasteiger charge is -2.23. The minimum Gasteiger partial charge on any atom is -0.353 e. The van der Waals surface area contributed by atoms with Crippen molar-refractivity contribution >= 4 is 5.91 Å². The molecule has 0 aliphatic rings. The zero-order valence-corrected chi connectivity index (χ0v) is 14.1. The van der Waals surface area contributed by atoms with Gasteiger partial charge in [0.15, 0.2) is 0 Å². The molecule has 23 heavy (non-hydrogen) atoms. The Hall–Kier alpha value is -2.13. The van der Waals surface area contributed by atoms with Gasteiger partial charge in [-0.3, -0.25) is 4.79 Å². The van der Waals surface area contributed by atoms with Gasteiger partial charge in [-0.1, -0.05) is 61.5 Å². The lowest BCUT2D eigenvalue weighted by molar-refractivity contribution is -0.125. The molecule has 0 saturated heterocycles. The topological polar surface area (TPSA) is 55.1 Å². The highest BCUT2D eigenvalue weighted by Gasteiger charge is 2.23. The molecule has 0 bridgehead atoms. The van der Waals surface area contributed by atoms with Crippen molar-refractivity contribution in [3.63, 3.8) is 0 Å². The van der Waals surface area contributed by atoms with E-state index in [4.69, 9.17) is 5.73 Å². The molecule has 3 nitrogen and oxygen atoms in total. The average molecular weight is 310 g/mol. The summed E-state index contributed by atoms with van der Waals surface area (Å²) >= 11 is 0. The normalized spacial score (nSPS) is 14.8. The van der Waals surface area contributed by atoms with Crippen LogP contribution in [0.5, 0.6) is 0 Å². The van der Waals surface area contributed by atoms with Crippen LogP contribution in [0.2, 0.25) is 0 Å². The number of benzene rings is 2. The lowest BCUT2D eigenvalue weighted by Crippen LogP contribution is -2.41. The first-order valence-electron chi connectivity index (χ1n) is 8.14. The van der Waals surface area contributed by atoms with Gasteiger partial charge < -0.3 is 11.1 Å². The van der Waals surface area contributed by atoms with Crippen LogP contribution in [0.1, 0.15) is 36.6 Å². The zero-order valence-electron chi connectivity index (χ0n) is 14.1. The van der Waals surface area contributed by atoms with Crippen LogP contribution in [0.15, 0.2) is 54.6 Å². The summed E-state index contributed by atoms with van der Waals surface area (Å²) in [5.41, 5.74) is 9.74. The number of carbonyl (C=O) groups is 1. The molecule has 0 heterocycles. The summed E-state index contributed by atoms with van der Waals surface area (Å²) in [5, 5.41) is 3.09. The first-order chi connectivity index (χ1) is 11.0. The van der Waals surface area contributed by atoms with Gasteiger partial charge in [-0.05, 0) is 37.0 Å². The van der Waals surface area contributed by atoms with E-state index in [2.05, 4.69) is 24.4 Å². The Morgan fingerprint density at radius 1 is 1.04 bits per heavy atom. The Bertz CT molecular complexity index is 639. The second-order valence-electron chi connectivity index (χ2n) is 6.27. The summed E-state index contributed by atoms with van der Waals surface area (Å²) in [7, 11) is 0. The molecule has 122 valence electrons. The number of aryl methyl sites for hydroxylation is 1. The number of nitrogens with two attached hydrogens (primary N) is 1. The first kappa shape index (κ1) is 17.2. The smallest absolute Gasteiger partial charge is 0.224 e. The van der Waals surface area contributed by atoms with Crippen molar-refractivity contribution < 1.29 is 4.79 Å². The average Bonchev–Trinajstić information content (AvgIpc) is 2.56. The van der Waals surface area contributed by atoms with Crippen LogP contribution in [0.4, 0.5) is 0 Å². The van der Waals surface area contributed by atoms with Crippen LogP contribution in [-0.4, -0.2) is 11.9 Å². The fourth-order valence-electron chi connectivity index (χ4n) is 2.72. The van der Waals surface area contributed by atoms with Crippen LogP contribution >= 0.6 is 0 Å².